The second-order valence-corrected chi connectivity index (χ2v) is 5.30. The monoisotopic (exact) mass is 305 g/mol. The Labute approximate surface area is 115 Å². The zero-order chi connectivity index (χ0) is 15.2. The number of alkyl halides is 2. The average Bonchev–Trinajstić information content (AvgIpc) is 2.42. The first-order chi connectivity index (χ1) is 9.40. The van der Waals surface area contributed by atoms with E-state index in [0.29, 0.717) is 5.56 Å². The predicted molar refractivity (Wildman–Crippen MR) is 68.2 cm³/mol. The molecule has 0 radical (unpaired) electrons. The van der Waals surface area contributed by atoms with E-state index < -0.39 is 23.0 Å². The van der Waals surface area contributed by atoms with Crippen molar-refractivity contribution in [3.8, 4) is 17.6 Å². The molecule has 0 spiro atoms. The zero-order valence-electron chi connectivity index (χ0n) is 10.6. The Bertz CT molecular complexity index is 620. The molecule has 0 aliphatic carbocycles. The van der Waals surface area contributed by atoms with Crippen molar-refractivity contribution in [1.29, 1.82) is 0 Å². The van der Waals surface area contributed by atoms with Crippen LogP contribution in [0.25, 0.3) is 0 Å². The summed E-state index contributed by atoms with van der Waals surface area (Å²) in [6.45, 7) is -1.37. The quantitative estimate of drug-likeness (QED) is 0.781. The molecule has 0 aromatic heterocycles. The summed E-state index contributed by atoms with van der Waals surface area (Å²) in [4.78, 5) is -0.287. The number of benzene rings is 1. The molecule has 0 aliphatic rings. The maximum Gasteiger partial charge on any atom is 0.251 e. The summed E-state index contributed by atoms with van der Waals surface area (Å²) in [5.74, 6) is 4.90. The fraction of sp³-hybridized carbons (Fsp3) is 0.333. The molecule has 1 aromatic carbocycles. The van der Waals surface area contributed by atoms with Crippen LogP contribution in [0, 0.1) is 11.8 Å². The third-order valence-electron chi connectivity index (χ3n) is 2.19. The van der Waals surface area contributed by atoms with Crippen molar-refractivity contribution in [3.63, 3.8) is 0 Å². The lowest BCUT2D eigenvalue weighted by atomic mass is 10.2. The average molecular weight is 305 g/mol. The number of nitrogens with one attached hydrogen (secondary N) is 1. The Balaban J connectivity index is 3.19. The van der Waals surface area contributed by atoms with Gasteiger partial charge in [0.1, 0.15) is 17.3 Å². The second kappa shape index (κ2) is 7.19. The smallest absolute Gasteiger partial charge is 0.251 e. The van der Waals surface area contributed by atoms with Gasteiger partial charge in [-0.1, -0.05) is 11.8 Å². The molecular weight excluding hydrogens is 292 g/mol. The lowest BCUT2D eigenvalue weighted by molar-refractivity contribution is 0.153. The first-order valence-corrected chi connectivity index (χ1v) is 6.94. The summed E-state index contributed by atoms with van der Waals surface area (Å²) in [5.41, 5.74) is 0.317. The minimum absolute atomic E-state index is 0.0151. The van der Waals surface area contributed by atoms with Gasteiger partial charge >= 0.3 is 0 Å². The van der Waals surface area contributed by atoms with Gasteiger partial charge in [-0.2, -0.15) is 0 Å². The van der Waals surface area contributed by atoms with Gasteiger partial charge in [0.05, 0.1) is 13.7 Å². The normalized spacial score (nSPS) is 11.1. The number of methoxy groups -OCH3 is 1. The number of hydrogen-bond donors (Lipinski definition) is 2. The molecule has 8 heteroatoms. The molecule has 0 bridgehead atoms. The van der Waals surface area contributed by atoms with Crippen molar-refractivity contribution in [2.24, 2.45) is 0 Å². The largest absolute Gasteiger partial charge is 0.495 e. The third-order valence-corrected chi connectivity index (χ3v) is 3.64. The first-order valence-electron chi connectivity index (χ1n) is 5.46. The molecule has 20 heavy (non-hydrogen) atoms. The molecule has 0 saturated heterocycles. The van der Waals surface area contributed by atoms with Gasteiger partial charge in [0.25, 0.3) is 6.43 Å². The van der Waals surface area contributed by atoms with Gasteiger partial charge in [0, 0.05) is 5.56 Å². The van der Waals surface area contributed by atoms with Crippen LogP contribution in [0.4, 0.5) is 8.78 Å². The van der Waals surface area contributed by atoms with Gasteiger partial charge in [-0.3, -0.25) is 0 Å². The molecule has 110 valence electrons. The molecular formula is C12H13F2NO4S. The van der Waals surface area contributed by atoms with Crippen LogP contribution in [-0.4, -0.2) is 40.2 Å². The molecule has 0 atom stereocenters. The highest BCUT2D eigenvalue weighted by molar-refractivity contribution is 7.89. The van der Waals surface area contributed by atoms with E-state index in [0.717, 1.165) is 0 Å². The van der Waals surface area contributed by atoms with Crippen LogP contribution < -0.4 is 9.46 Å². The number of rotatable bonds is 5. The molecule has 5 nitrogen and oxygen atoms in total. The second-order valence-electron chi connectivity index (χ2n) is 3.57. The van der Waals surface area contributed by atoms with E-state index in [4.69, 9.17) is 9.84 Å². The van der Waals surface area contributed by atoms with Gasteiger partial charge in [-0.05, 0) is 18.2 Å². The fourth-order valence-electron chi connectivity index (χ4n) is 1.36. The zero-order valence-corrected chi connectivity index (χ0v) is 11.4. The highest BCUT2D eigenvalue weighted by atomic mass is 32.2. The van der Waals surface area contributed by atoms with E-state index in [-0.39, 0.29) is 17.3 Å². The molecule has 0 heterocycles. The van der Waals surface area contributed by atoms with E-state index in [9.17, 15) is 17.2 Å². The molecule has 0 aliphatic heterocycles. The summed E-state index contributed by atoms with van der Waals surface area (Å²) in [7, 11) is -2.87. The minimum atomic E-state index is -4.13. The molecule has 1 aromatic rings. The molecule has 0 unspecified atom stereocenters. The molecule has 1 rings (SSSR count). The Hall–Kier alpha value is -1.69. The predicted octanol–water partition coefficient (Wildman–Crippen LogP) is 0.582. The summed E-state index contributed by atoms with van der Waals surface area (Å²) < 4.78 is 54.7. The van der Waals surface area contributed by atoms with Crippen molar-refractivity contribution in [3.05, 3.63) is 23.8 Å². The Morgan fingerprint density at radius 2 is 2.15 bits per heavy atom. The van der Waals surface area contributed by atoms with Crippen molar-refractivity contribution in [2.45, 2.75) is 11.3 Å². The maximum atomic E-state index is 12.1. The number of aliphatic hydroxyl groups excluding tert-OH is 1. The highest BCUT2D eigenvalue weighted by Gasteiger charge is 2.21. The van der Waals surface area contributed by atoms with Crippen molar-refractivity contribution in [1.82, 2.24) is 4.72 Å². The van der Waals surface area contributed by atoms with Gasteiger partial charge < -0.3 is 9.84 Å². The summed E-state index contributed by atoms with van der Waals surface area (Å²) in [5, 5.41) is 8.59. The number of halogens is 2. The maximum absolute atomic E-state index is 12.1. The molecule has 0 amide bonds. The molecule has 0 fully saturated rings. The minimum Gasteiger partial charge on any atom is -0.495 e. The Morgan fingerprint density at radius 1 is 1.45 bits per heavy atom. The summed E-state index contributed by atoms with van der Waals surface area (Å²) >= 11 is 0. The van der Waals surface area contributed by atoms with Gasteiger partial charge in [0.2, 0.25) is 10.0 Å². The Morgan fingerprint density at radius 3 is 2.70 bits per heavy atom. The van der Waals surface area contributed by atoms with Crippen LogP contribution in [0.2, 0.25) is 0 Å². The van der Waals surface area contributed by atoms with Crippen molar-refractivity contribution < 1.29 is 27.0 Å². The van der Waals surface area contributed by atoms with Crippen LogP contribution in [-0.2, 0) is 10.0 Å². The lowest BCUT2D eigenvalue weighted by Gasteiger charge is -2.10. The van der Waals surface area contributed by atoms with Crippen LogP contribution in [0.5, 0.6) is 5.75 Å². The first kappa shape index (κ1) is 16.4. The van der Waals surface area contributed by atoms with Crippen LogP contribution >= 0.6 is 0 Å². The molecule has 2 N–H and O–H groups in total. The number of sulfonamides is 1. The third kappa shape index (κ3) is 4.45. The summed E-state index contributed by atoms with van der Waals surface area (Å²) in [6.07, 6.45) is -2.80. The summed E-state index contributed by atoms with van der Waals surface area (Å²) in [6, 6.07) is 4.04. The topological polar surface area (TPSA) is 75.6 Å². The van der Waals surface area contributed by atoms with Gasteiger partial charge in [-0.25, -0.2) is 21.9 Å². The standard InChI is InChI=1S/C12H13F2NO4S/c1-19-10-5-4-9(3-2-6-16)7-11(10)20(17,18)15-8-12(13)14/h4-5,7,12,15-16H,6,8H2,1H3. The lowest BCUT2D eigenvalue weighted by Crippen LogP contribution is -2.29. The van der Waals surface area contributed by atoms with E-state index in [1.807, 2.05) is 0 Å². The van der Waals surface area contributed by atoms with Crippen LogP contribution in [0.3, 0.4) is 0 Å². The van der Waals surface area contributed by atoms with E-state index in [1.165, 1.54) is 25.3 Å². The number of aliphatic hydroxyl groups is 1. The van der Waals surface area contributed by atoms with Gasteiger partial charge in [-0.15, -0.1) is 0 Å². The molecule has 0 saturated carbocycles. The van der Waals surface area contributed by atoms with Gasteiger partial charge in [0.15, 0.2) is 0 Å². The van der Waals surface area contributed by atoms with Crippen molar-refractivity contribution in [2.75, 3.05) is 20.3 Å². The highest BCUT2D eigenvalue weighted by Crippen LogP contribution is 2.24. The van der Waals surface area contributed by atoms with Crippen LogP contribution in [0.1, 0.15) is 5.56 Å². The van der Waals surface area contributed by atoms with E-state index >= 15 is 0 Å². The van der Waals surface area contributed by atoms with E-state index in [2.05, 4.69) is 11.8 Å². The SMILES string of the molecule is COc1ccc(C#CCO)cc1S(=O)(=O)NCC(F)F. The number of hydrogen-bond acceptors (Lipinski definition) is 4. The fourth-order valence-corrected chi connectivity index (χ4v) is 2.56. The Kier molecular flexibility index (Phi) is 5.88. The van der Waals surface area contributed by atoms with Crippen molar-refractivity contribution >= 4 is 10.0 Å². The van der Waals surface area contributed by atoms with Crippen LogP contribution in [0.15, 0.2) is 23.1 Å². The van der Waals surface area contributed by atoms with E-state index in [1.54, 1.807) is 4.72 Å². The number of ether oxygens (including phenoxy) is 1.